The maximum atomic E-state index is 14.9. The van der Waals surface area contributed by atoms with Gasteiger partial charge in [-0.15, -0.1) is 0 Å². The van der Waals surface area contributed by atoms with Gasteiger partial charge in [0.1, 0.15) is 34.9 Å². The molecule has 0 saturated heterocycles. The molecule has 6 aromatic carbocycles. The zero-order valence-electron chi connectivity index (χ0n) is 62.0. The summed E-state index contributed by atoms with van der Waals surface area (Å²) in [5, 5.41) is 11.3. The third-order valence-corrected chi connectivity index (χ3v) is 17.8. The van der Waals surface area contributed by atoms with Gasteiger partial charge in [0.15, 0.2) is 0 Å². The molecule has 9 rings (SSSR count). The quantitative estimate of drug-likeness (QED) is 0.0115. The fourth-order valence-electron chi connectivity index (χ4n) is 12.8. The summed E-state index contributed by atoms with van der Waals surface area (Å²) in [4.78, 5) is 143. The SMILES string of the molecule is CC(C)(C)OC(=O)N(C(=O)Cc1c[nH]c2ccccc12)[C@@H](CCCCN)C(=O)Nc1ccc(C(c2ccc(NC(=O)[C@H](CCCCN)N(C(=O)Cc3c[nH]c4ccccc34)C(=O)OC(C)(C)C)cc2)c2ccc(NC(=O)[C@H](CCCCN)N(C(=O)Cc3c[nH]c4ccccc34)C(=O)OC(C)(C)C)cc2)cc1. The lowest BCUT2D eigenvalue weighted by molar-refractivity contribution is -0.137. The molecule has 3 heterocycles. The van der Waals surface area contributed by atoms with Crippen molar-refractivity contribution in [1.29, 1.82) is 0 Å². The first kappa shape index (κ1) is 79.2. The van der Waals surface area contributed by atoms with Gasteiger partial charge >= 0.3 is 18.3 Å². The maximum absolute atomic E-state index is 14.9. The van der Waals surface area contributed by atoms with Crippen molar-refractivity contribution in [2.24, 2.45) is 17.2 Å². The van der Waals surface area contributed by atoms with Crippen LogP contribution in [0.4, 0.5) is 31.4 Å². The Balaban J connectivity index is 1.05. The molecule has 0 bridgehead atoms. The number of hydrogen-bond donors (Lipinski definition) is 9. The van der Waals surface area contributed by atoms with Crippen LogP contribution in [0.5, 0.6) is 0 Å². The van der Waals surface area contributed by atoms with Crippen LogP contribution in [-0.2, 0) is 62.2 Å². The second-order valence-electron chi connectivity index (χ2n) is 29.5. The number of carbonyl (C=O) groups excluding carboxylic acids is 9. The van der Waals surface area contributed by atoms with Crippen LogP contribution < -0.4 is 33.2 Å². The number of amides is 9. The molecule has 106 heavy (non-hydrogen) atoms. The van der Waals surface area contributed by atoms with Crippen LogP contribution in [0.25, 0.3) is 32.7 Å². The average Bonchev–Trinajstić information content (AvgIpc) is 0.939. The number of aromatic amines is 3. The van der Waals surface area contributed by atoms with E-state index < -0.39 is 94.6 Å². The first-order chi connectivity index (χ1) is 50.5. The van der Waals surface area contributed by atoms with Crippen molar-refractivity contribution >= 4 is 103 Å². The van der Waals surface area contributed by atoms with Gasteiger partial charge in [-0.2, -0.15) is 0 Å². The summed E-state index contributed by atoms with van der Waals surface area (Å²) in [6, 6.07) is 39.6. The van der Waals surface area contributed by atoms with Gasteiger partial charge in [0.05, 0.1) is 19.3 Å². The van der Waals surface area contributed by atoms with Crippen molar-refractivity contribution < 1.29 is 57.4 Å². The van der Waals surface area contributed by atoms with E-state index in [0.717, 1.165) is 47.4 Å². The van der Waals surface area contributed by atoms with Gasteiger partial charge in [-0.3, -0.25) is 28.8 Å². The highest BCUT2D eigenvalue weighted by molar-refractivity contribution is 6.06. The van der Waals surface area contributed by atoms with Gasteiger partial charge in [0.25, 0.3) is 0 Å². The van der Waals surface area contributed by atoms with Crippen molar-refractivity contribution in [2.45, 2.75) is 180 Å². The van der Waals surface area contributed by atoms with E-state index in [1.54, 1.807) is 117 Å². The van der Waals surface area contributed by atoms with E-state index in [4.69, 9.17) is 31.4 Å². The Morgan fingerprint density at radius 3 is 0.840 bits per heavy atom. The molecule has 0 aliphatic rings. The van der Waals surface area contributed by atoms with Gasteiger partial charge < -0.3 is 62.3 Å². The molecule has 9 amide bonds. The second-order valence-corrected chi connectivity index (χ2v) is 29.5. The van der Waals surface area contributed by atoms with E-state index in [1.165, 1.54) is 0 Å². The van der Waals surface area contributed by atoms with Crippen LogP contribution in [0.15, 0.2) is 164 Å². The molecule has 3 atom stereocenters. The molecular weight excluding hydrogens is 1340 g/mol. The highest BCUT2D eigenvalue weighted by Crippen LogP contribution is 2.36. The van der Waals surface area contributed by atoms with Gasteiger partial charge in [-0.25, -0.2) is 29.1 Å². The molecule has 0 aliphatic heterocycles. The third kappa shape index (κ3) is 21.2. The molecule has 0 spiro atoms. The predicted octanol–water partition coefficient (Wildman–Crippen LogP) is 13.6. The largest absolute Gasteiger partial charge is 0.443 e. The zero-order chi connectivity index (χ0) is 76.5. The summed E-state index contributed by atoms with van der Waals surface area (Å²) in [5.74, 6) is -4.45. The number of nitrogens with one attached hydrogen (secondary N) is 6. The number of rotatable bonds is 30. The van der Waals surface area contributed by atoms with Crippen LogP contribution in [0.3, 0.4) is 0 Å². The van der Waals surface area contributed by atoms with Gasteiger partial charge in [0, 0.05) is 74.3 Å². The number of benzene rings is 6. The van der Waals surface area contributed by atoms with Crippen LogP contribution in [-0.4, -0.2) is 138 Å². The number of aromatic nitrogens is 3. The number of ether oxygens (including phenoxy) is 3. The topological polar surface area (TPSA) is 353 Å². The van der Waals surface area contributed by atoms with Gasteiger partial charge in [-0.05, 0) is 228 Å². The number of unbranched alkanes of at least 4 members (excludes halogenated alkanes) is 3. The van der Waals surface area contributed by atoms with Crippen LogP contribution in [0.2, 0.25) is 0 Å². The van der Waals surface area contributed by atoms with Crippen molar-refractivity contribution in [2.75, 3.05) is 35.6 Å². The summed E-state index contributed by atoms with van der Waals surface area (Å²) < 4.78 is 17.5. The molecule has 24 nitrogen and oxygen atoms in total. The highest BCUT2D eigenvalue weighted by Gasteiger charge is 2.41. The van der Waals surface area contributed by atoms with Crippen LogP contribution >= 0.6 is 0 Å². The maximum Gasteiger partial charge on any atom is 0.417 e. The minimum absolute atomic E-state index is 0.0801. The van der Waals surface area contributed by atoms with E-state index in [9.17, 15) is 43.2 Å². The Kier molecular flexibility index (Phi) is 26.7. The number of carbonyl (C=O) groups is 9. The number of H-pyrrole nitrogens is 3. The van der Waals surface area contributed by atoms with Crippen molar-refractivity contribution in [1.82, 2.24) is 29.7 Å². The van der Waals surface area contributed by atoms with E-state index in [-0.39, 0.29) is 38.5 Å². The number of nitrogens with zero attached hydrogens (tertiary/aromatic N) is 3. The fourth-order valence-corrected chi connectivity index (χ4v) is 12.8. The Morgan fingerprint density at radius 2 is 0.604 bits per heavy atom. The minimum Gasteiger partial charge on any atom is -0.443 e. The number of nitrogens with two attached hydrogens (primary N) is 3. The normalized spacial score (nSPS) is 12.7. The minimum atomic E-state index is -1.32. The molecule has 0 fully saturated rings. The molecule has 9 aromatic rings. The van der Waals surface area contributed by atoms with Gasteiger partial charge in [-0.1, -0.05) is 91.0 Å². The van der Waals surface area contributed by atoms with E-state index in [1.807, 2.05) is 109 Å². The molecule has 0 saturated carbocycles. The van der Waals surface area contributed by atoms with Crippen LogP contribution in [0.1, 0.15) is 159 Å². The molecule has 0 aliphatic carbocycles. The third-order valence-electron chi connectivity index (χ3n) is 17.8. The Hall–Kier alpha value is -11.0. The highest BCUT2D eigenvalue weighted by atomic mass is 16.6. The molecule has 12 N–H and O–H groups in total. The lowest BCUT2D eigenvalue weighted by Crippen LogP contribution is -2.52. The first-order valence-electron chi connectivity index (χ1n) is 36.2. The number of hydrogen-bond acceptors (Lipinski definition) is 15. The van der Waals surface area contributed by atoms with E-state index in [2.05, 4.69) is 30.9 Å². The van der Waals surface area contributed by atoms with Crippen LogP contribution in [0, 0.1) is 0 Å². The summed E-state index contributed by atoms with van der Waals surface area (Å²) in [5.41, 5.74) is 22.2. The smallest absolute Gasteiger partial charge is 0.417 e. The Bertz CT molecular complexity index is 4090. The number of para-hydroxylation sites is 3. The van der Waals surface area contributed by atoms with E-state index in [0.29, 0.717) is 109 Å². The average molecular weight is 1450 g/mol. The fraction of sp³-hybridized carbons (Fsp3) is 0.378. The first-order valence-corrected chi connectivity index (χ1v) is 36.2. The number of fused-ring (bicyclic) bond motifs is 3. The molecule has 0 unspecified atom stereocenters. The molecule has 560 valence electrons. The molecule has 24 heteroatoms. The summed E-state index contributed by atoms with van der Waals surface area (Å²) in [6.07, 6.45) is 4.52. The lowest BCUT2D eigenvalue weighted by Gasteiger charge is -2.31. The number of anilines is 3. The Labute approximate surface area is 618 Å². The predicted molar refractivity (Wildman–Crippen MR) is 411 cm³/mol. The molecular formula is C82H100N12O12. The summed E-state index contributed by atoms with van der Waals surface area (Å²) in [6.45, 7) is 16.0. The van der Waals surface area contributed by atoms with Crippen molar-refractivity contribution in [3.63, 3.8) is 0 Å². The monoisotopic (exact) mass is 1440 g/mol. The summed E-state index contributed by atoms with van der Waals surface area (Å²) >= 11 is 0. The number of imide groups is 3. The molecule has 3 aromatic heterocycles. The van der Waals surface area contributed by atoms with E-state index >= 15 is 0 Å². The second kappa shape index (κ2) is 35.7. The van der Waals surface area contributed by atoms with Crippen molar-refractivity contribution in [3.8, 4) is 0 Å². The summed E-state index contributed by atoms with van der Waals surface area (Å²) in [7, 11) is 0. The Morgan fingerprint density at radius 1 is 0.358 bits per heavy atom. The zero-order valence-corrected chi connectivity index (χ0v) is 62.0. The van der Waals surface area contributed by atoms with Gasteiger partial charge in [0.2, 0.25) is 35.4 Å². The lowest BCUT2D eigenvalue weighted by atomic mass is 9.85. The molecule has 0 radical (unpaired) electrons. The van der Waals surface area contributed by atoms with Crippen molar-refractivity contribution in [3.05, 3.63) is 198 Å². The standard InChI is InChI=1S/C82H100N12O12/c1-80(2,3)104-77(101)92(70(95)46-55-49-86-64-25-13-10-22-61(55)64)67(28-16-19-43-83)74(98)89-58-37-31-52(32-38-58)73(53-33-39-59(40-34-53)90-75(99)68(29-17-20-44-84)93(78(102)105-81(4,5)6)71(96)47-56-50-87-65-26-14-11-23-62(56)65)54-35-41-60(42-36-54)91-76(100)69(30-18-21-45-85)94(79(103)106-82(7,8)9)72(97)48-57-51-88-66-27-15-12-24-63(57)66/h10-15,22-27,31-42,49-51,67-69,73,86-88H,16-21,28-30,43-48,83-85H2,1-9H3,(H,89,98)(H,90,99)(H,91,100)/t67-,68-,69-/m0/s1.